The van der Waals surface area contributed by atoms with Gasteiger partial charge in [-0.3, -0.25) is 4.79 Å². The maximum Gasteiger partial charge on any atom is 0.261 e. The van der Waals surface area contributed by atoms with Gasteiger partial charge in [0.25, 0.3) is 5.91 Å². The van der Waals surface area contributed by atoms with Gasteiger partial charge in [-0.15, -0.1) is 11.3 Å². The number of carbonyl (C=O) groups is 1. The lowest BCUT2D eigenvalue weighted by Crippen LogP contribution is -2.25. The molecular formula is C17H18N4OS. The Morgan fingerprint density at radius 2 is 2.13 bits per heavy atom. The number of carbonyl (C=O) groups excluding carboxylic acids is 1. The number of hydrogen-bond donors (Lipinski definition) is 1. The summed E-state index contributed by atoms with van der Waals surface area (Å²) >= 11 is 1.45. The number of thiophene rings is 1. The molecule has 0 unspecified atom stereocenters. The van der Waals surface area contributed by atoms with E-state index in [1.54, 1.807) is 6.20 Å². The van der Waals surface area contributed by atoms with Crippen LogP contribution in [0.5, 0.6) is 0 Å². The summed E-state index contributed by atoms with van der Waals surface area (Å²) in [6, 6.07) is 9.47. The summed E-state index contributed by atoms with van der Waals surface area (Å²) in [5, 5.41) is 9.43. The summed E-state index contributed by atoms with van der Waals surface area (Å²) < 4.78 is 1.85. The minimum atomic E-state index is -0.0209. The first-order valence-corrected chi connectivity index (χ1v) is 8.33. The molecule has 3 rings (SSSR count). The van der Waals surface area contributed by atoms with Gasteiger partial charge in [0.1, 0.15) is 0 Å². The number of nitrogens with zero attached hydrogens (tertiary/aromatic N) is 3. The number of aromatic nitrogens is 3. The average molecular weight is 326 g/mol. The summed E-state index contributed by atoms with van der Waals surface area (Å²) in [5.41, 5.74) is 3.19. The third-order valence-corrected chi connectivity index (χ3v) is 4.58. The third kappa shape index (κ3) is 3.32. The zero-order valence-corrected chi connectivity index (χ0v) is 13.9. The van der Waals surface area contributed by atoms with E-state index in [4.69, 9.17) is 0 Å². The lowest BCUT2D eigenvalue weighted by atomic mass is 10.1. The molecule has 0 saturated heterocycles. The fraction of sp³-hybridized carbons (Fsp3) is 0.235. The van der Waals surface area contributed by atoms with Crippen molar-refractivity contribution in [2.24, 2.45) is 0 Å². The van der Waals surface area contributed by atoms with Crippen LogP contribution in [-0.2, 0) is 6.42 Å². The Hall–Kier alpha value is -2.47. The lowest BCUT2D eigenvalue weighted by Gasteiger charge is -2.06. The monoisotopic (exact) mass is 326 g/mol. The first-order chi connectivity index (χ1) is 11.2. The molecule has 0 bridgehead atoms. The van der Waals surface area contributed by atoms with Crippen LogP contribution in [0.3, 0.4) is 0 Å². The zero-order valence-electron chi connectivity index (χ0n) is 13.1. The van der Waals surface area contributed by atoms with Gasteiger partial charge in [-0.05, 0) is 49.4 Å². The van der Waals surface area contributed by atoms with Gasteiger partial charge in [-0.2, -0.15) is 5.10 Å². The van der Waals surface area contributed by atoms with Crippen LogP contribution in [0.1, 0.15) is 26.6 Å². The molecule has 0 aliphatic carbocycles. The van der Waals surface area contributed by atoms with Crippen molar-refractivity contribution in [3.05, 3.63) is 63.7 Å². The Labute approximate surface area is 139 Å². The SMILES string of the molecule is Cc1nn(-c2ccccn2)c(C)c1CCNC(=O)c1cccs1. The summed E-state index contributed by atoms with van der Waals surface area (Å²) in [7, 11) is 0. The van der Waals surface area contributed by atoms with Crippen LogP contribution in [-0.4, -0.2) is 27.2 Å². The van der Waals surface area contributed by atoms with Crippen molar-refractivity contribution in [2.75, 3.05) is 6.54 Å². The minimum absolute atomic E-state index is 0.0209. The van der Waals surface area contributed by atoms with Gasteiger partial charge in [0, 0.05) is 18.4 Å². The van der Waals surface area contributed by atoms with Crippen LogP contribution >= 0.6 is 11.3 Å². The Morgan fingerprint density at radius 3 is 2.83 bits per heavy atom. The van der Waals surface area contributed by atoms with Crippen molar-refractivity contribution in [3.63, 3.8) is 0 Å². The van der Waals surface area contributed by atoms with Crippen LogP contribution in [0.25, 0.3) is 5.82 Å². The van der Waals surface area contributed by atoms with E-state index < -0.39 is 0 Å². The van der Waals surface area contributed by atoms with E-state index in [1.807, 2.05) is 54.2 Å². The highest BCUT2D eigenvalue weighted by Gasteiger charge is 2.14. The van der Waals surface area contributed by atoms with Gasteiger partial charge < -0.3 is 5.32 Å². The van der Waals surface area contributed by atoms with E-state index in [0.717, 1.165) is 34.1 Å². The van der Waals surface area contributed by atoms with Gasteiger partial charge in [0.15, 0.2) is 5.82 Å². The largest absolute Gasteiger partial charge is 0.351 e. The van der Waals surface area contributed by atoms with Crippen molar-refractivity contribution in [2.45, 2.75) is 20.3 Å². The van der Waals surface area contributed by atoms with Crippen molar-refractivity contribution in [1.29, 1.82) is 0 Å². The average Bonchev–Trinajstić information content (AvgIpc) is 3.19. The molecule has 0 aromatic carbocycles. The van der Waals surface area contributed by atoms with E-state index >= 15 is 0 Å². The van der Waals surface area contributed by atoms with Gasteiger partial charge in [-0.1, -0.05) is 12.1 Å². The normalized spacial score (nSPS) is 10.7. The molecule has 6 heteroatoms. The molecule has 0 saturated carbocycles. The molecule has 0 radical (unpaired) electrons. The van der Waals surface area contributed by atoms with Crippen LogP contribution in [0.15, 0.2) is 41.9 Å². The van der Waals surface area contributed by atoms with E-state index in [2.05, 4.69) is 15.4 Å². The highest BCUT2D eigenvalue weighted by Crippen LogP contribution is 2.17. The Balaban J connectivity index is 1.69. The lowest BCUT2D eigenvalue weighted by molar-refractivity contribution is 0.0958. The second-order valence-electron chi connectivity index (χ2n) is 5.23. The number of amides is 1. The van der Waals surface area contributed by atoms with Gasteiger partial charge in [0.2, 0.25) is 0 Å². The fourth-order valence-electron chi connectivity index (χ4n) is 2.53. The van der Waals surface area contributed by atoms with Crippen molar-refractivity contribution >= 4 is 17.2 Å². The molecule has 1 N–H and O–H groups in total. The molecule has 0 aliphatic heterocycles. The summed E-state index contributed by atoms with van der Waals surface area (Å²) in [5.74, 6) is 0.786. The standard InChI is InChI=1S/C17H18N4OS/c1-12-14(8-10-19-17(22)15-6-5-11-23-15)13(2)21(20-12)16-7-3-4-9-18-16/h3-7,9,11H,8,10H2,1-2H3,(H,19,22). The molecule has 23 heavy (non-hydrogen) atoms. The summed E-state index contributed by atoms with van der Waals surface area (Å²) in [4.78, 5) is 17.0. The molecule has 3 aromatic rings. The molecule has 0 atom stereocenters. The van der Waals surface area contributed by atoms with Crippen LogP contribution in [0, 0.1) is 13.8 Å². The smallest absolute Gasteiger partial charge is 0.261 e. The molecular weight excluding hydrogens is 308 g/mol. The zero-order chi connectivity index (χ0) is 16.2. The maximum atomic E-state index is 12.0. The molecule has 0 aliphatic rings. The molecule has 3 heterocycles. The predicted octanol–water partition coefficient (Wildman–Crippen LogP) is 2.92. The van der Waals surface area contributed by atoms with Crippen molar-refractivity contribution in [3.8, 4) is 5.82 Å². The number of aryl methyl sites for hydroxylation is 1. The minimum Gasteiger partial charge on any atom is -0.351 e. The van der Waals surface area contributed by atoms with Crippen LogP contribution in [0.4, 0.5) is 0 Å². The number of rotatable bonds is 5. The third-order valence-electron chi connectivity index (χ3n) is 3.71. The Kier molecular flexibility index (Phi) is 4.52. The van der Waals surface area contributed by atoms with E-state index in [0.29, 0.717) is 6.54 Å². The number of nitrogens with one attached hydrogen (secondary N) is 1. The molecule has 0 spiro atoms. The van der Waals surface area contributed by atoms with Crippen LogP contribution < -0.4 is 5.32 Å². The van der Waals surface area contributed by atoms with Gasteiger partial charge in [0.05, 0.1) is 10.6 Å². The van der Waals surface area contributed by atoms with Crippen molar-refractivity contribution in [1.82, 2.24) is 20.1 Å². The highest BCUT2D eigenvalue weighted by molar-refractivity contribution is 7.12. The Bertz CT molecular complexity index is 794. The quantitative estimate of drug-likeness (QED) is 0.784. The maximum absolute atomic E-state index is 12.0. The predicted molar refractivity (Wildman–Crippen MR) is 91.2 cm³/mol. The summed E-state index contributed by atoms with van der Waals surface area (Å²) in [6.45, 7) is 4.61. The van der Waals surface area contributed by atoms with Crippen molar-refractivity contribution < 1.29 is 4.79 Å². The molecule has 0 fully saturated rings. The second-order valence-corrected chi connectivity index (χ2v) is 6.18. The molecule has 3 aromatic heterocycles. The van der Waals surface area contributed by atoms with Gasteiger partial charge >= 0.3 is 0 Å². The molecule has 1 amide bonds. The van der Waals surface area contributed by atoms with E-state index in [9.17, 15) is 4.79 Å². The highest BCUT2D eigenvalue weighted by atomic mass is 32.1. The van der Waals surface area contributed by atoms with Crippen LogP contribution in [0.2, 0.25) is 0 Å². The number of hydrogen-bond acceptors (Lipinski definition) is 4. The Morgan fingerprint density at radius 1 is 1.26 bits per heavy atom. The molecule has 118 valence electrons. The van der Waals surface area contributed by atoms with Gasteiger partial charge in [-0.25, -0.2) is 9.67 Å². The fourth-order valence-corrected chi connectivity index (χ4v) is 3.17. The number of pyridine rings is 1. The first-order valence-electron chi connectivity index (χ1n) is 7.45. The first kappa shape index (κ1) is 15.4. The van der Waals surface area contributed by atoms with E-state index in [1.165, 1.54) is 11.3 Å². The summed E-state index contributed by atoms with van der Waals surface area (Å²) in [6.07, 6.45) is 2.51. The topological polar surface area (TPSA) is 59.8 Å². The van der Waals surface area contributed by atoms with E-state index in [-0.39, 0.29) is 5.91 Å². The second kappa shape index (κ2) is 6.75. The molecule has 5 nitrogen and oxygen atoms in total.